The lowest BCUT2D eigenvalue weighted by Gasteiger charge is -2.29. The summed E-state index contributed by atoms with van der Waals surface area (Å²) in [5, 5.41) is 0. The van der Waals surface area contributed by atoms with E-state index in [0.717, 1.165) is 57.9 Å². The molecule has 1 saturated heterocycles. The van der Waals surface area contributed by atoms with Crippen molar-refractivity contribution in [2.75, 3.05) is 38.2 Å². The van der Waals surface area contributed by atoms with Crippen molar-refractivity contribution in [1.29, 1.82) is 0 Å². The molecule has 0 saturated carbocycles. The van der Waals surface area contributed by atoms with Gasteiger partial charge in [0.1, 0.15) is 12.1 Å². The maximum absolute atomic E-state index is 5.91. The Hall–Kier alpha value is -1.92. The fraction of sp³-hybridized carbons (Fsp3) is 0.600. The molecule has 4 rings (SSSR count). The number of likely N-dealkylation sites (N-methyl/N-ethyl adjacent to an activating group) is 1. The van der Waals surface area contributed by atoms with Gasteiger partial charge in [0.2, 0.25) is 0 Å². The van der Waals surface area contributed by atoms with E-state index < -0.39 is 0 Å². The van der Waals surface area contributed by atoms with Crippen LogP contribution in [-0.2, 0) is 24.1 Å². The molecule has 0 radical (unpaired) electrons. The van der Waals surface area contributed by atoms with Gasteiger partial charge in [-0.25, -0.2) is 9.97 Å². The number of rotatable bonds is 5. The highest BCUT2D eigenvalue weighted by molar-refractivity contribution is 5.49. The Labute approximate surface area is 155 Å². The van der Waals surface area contributed by atoms with E-state index in [1.165, 1.54) is 29.7 Å². The van der Waals surface area contributed by atoms with Crippen LogP contribution in [0.1, 0.15) is 36.1 Å². The van der Waals surface area contributed by atoms with Crippen molar-refractivity contribution < 1.29 is 9.15 Å². The Morgan fingerprint density at radius 3 is 2.96 bits per heavy atom. The predicted octanol–water partition coefficient (Wildman–Crippen LogP) is 2.68. The molecule has 6 nitrogen and oxygen atoms in total. The van der Waals surface area contributed by atoms with Gasteiger partial charge < -0.3 is 14.1 Å². The average molecular weight is 356 g/mol. The van der Waals surface area contributed by atoms with Gasteiger partial charge in [-0.05, 0) is 31.7 Å². The fourth-order valence-electron chi connectivity index (χ4n) is 4.03. The Morgan fingerprint density at radius 2 is 2.15 bits per heavy atom. The summed E-state index contributed by atoms with van der Waals surface area (Å²) in [6, 6.07) is 2.04. The summed E-state index contributed by atoms with van der Waals surface area (Å²) in [5.41, 5.74) is 3.73. The fourth-order valence-corrected chi connectivity index (χ4v) is 4.03. The molecule has 4 heterocycles. The summed E-state index contributed by atoms with van der Waals surface area (Å²) in [5.74, 6) is 1.08. The molecule has 1 atom stereocenters. The minimum atomic E-state index is 0.322. The zero-order valence-corrected chi connectivity index (χ0v) is 15.6. The second kappa shape index (κ2) is 8.18. The second-order valence-electron chi connectivity index (χ2n) is 7.40. The van der Waals surface area contributed by atoms with E-state index in [1.54, 1.807) is 12.6 Å². The molecule has 0 unspecified atom stereocenters. The highest BCUT2D eigenvalue weighted by Gasteiger charge is 2.23. The molecule has 140 valence electrons. The van der Waals surface area contributed by atoms with E-state index in [2.05, 4.69) is 26.8 Å². The van der Waals surface area contributed by atoms with Gasteiger partial charge in [-0.2, -0.15) is 0 Å². The first-order chi connectivity index (χ1) is 12.8. The lowest BCUT2D eigenvalue weighted by atomic mass is 10.1. The Morgan fingerprint density at radius 1 is 1.23 bits per heavy atom. The molecule has 0 amide bonds. The van der Waals surface area contributed by atoms with Crippen molar-refractivity contribution in [2.24, 2.45) is 0 Å². The molecule has 2 aliphatic rings. The number of ether oxygens (including phenoxy) is 1. The van der Waals surface area contributed by atoms with Crippen LogP contribution in [0.25, 0.3) is 0 Å². The zero-order valence-electron chi connectivity index (χ0n) is 15.6. The normalized spacial score (nSPS) is 21.2. The van der Waals surface area contributed by atoms with Gasteiger partial charge in [0.05, 0.1) is 24.3 Å². The second-order valence-corrected chi connectivity index (χ2v) is 7.40. The van der Waals surface area contributed by atoms with E-state index in [9.17, 15) is 0 Å². The van der Waals surface area contributed by atoms with E-state index in [4.69, 9.17) is 9.15 Å². The quantitative estimate of drug-likeness (QED) is 0.821. The van der Waals surface area contributed by atoms with Gasteiger partial charge in [-0.3, -0.25) is 4.90 Å². The third-order valence-electron chi connectivity index (χ3n) is 5.45. The van der Waals surface area contributed by atoms with Crippen LogP contribution in [0.2, 0.25) is 0 Å². The van der Waals surface area contributed by atoms with Crippen LogP contribution in [0.3, 0.4) is 0 Å². The van der Waals surface area contributed by atoms with Crippen LogP contribution in [0.5, 0.6) is 0 Å². The predicted molar refractivity (Wildman–Crippen MR) is 100 cm³/mol. The lowest BCUT2D eigenvalue weighted by molar-refractivity contribution is 0.0215. The van der Waals surface area contributed by atoms with E-state index in [0.29, 0.717) is 6.10 Å². The van der Waals surface area contributed by atoms with E-state index in [1.807, 2.05) is 12.3 Å². The largest absolute Gasteiger partial charge is 0.472 e. The highest BCUT2D eigenvalue weighted by Crippen LogP contribution is 2.25. The molecule has 0 aliphatic carbocycles. The third kappa shape index (κ3) is 4.07. The summed E-state index contributed by atoms with van der Waals surface area (Å²) < 4.78 is 11.1. The molecule has 0 bridgehead atoms. The van der Waals surface area contributed by atoms with Gasteiger partial charge in [-0.15, -0.1) is 0 Å². The number of anilines is 1. The molecule has 0 N–H and O–H groups in total. The average Bonchev–Trinajstić information content (AvgIpc) is 3.09. The number of fused-ring (bicyclic) bond motifs is 1. The highest BCUT2D eigenvalue weighted by atomic mass is 16.5. The van der Waals surface area contributed by atoms with Gasteiger partial charge in [0, 0.05) is 57.4 Å². The van der Waals surface area contributed by atoms with Crippen LogP contribution in [0.15, 0.2) is 29.3 Å². The van der Waals surface area contributed by atoms with E-state index >= 15 is 0 Å². The number of furan rings is 1. The molecule has 26 heavy (non-hydrogen) atoms. The van der Waals surface area contributed by atoms with Gasteiger partial charge >= 0.3 is 0 Å². The van der Waals surface area contributed by atoms with E-state index in [-0.39, 0.29) is 0 Å². The van der Waals surface area contributed by atoms with Crippen molar-refractivity contribution >= 4 is 5.82 Å². The van der Waals surface area contributed by atoms with Crippen molar-refractivity contribution in [2.45, 2.75) is 44.8 Å². The first-order valence-electron chi connectivity index (χ1n) is 9.68. The first-order valence-corrected chi connectivity index (χ1v) is 9.68. The molecular formula is C20H28N4O2. The maximum atomic E-state index is 5.91. The Kier molecular flexibility index (Phi) is 5.51. The van der Waals surface area contributed by atoms with Crippen LogP contribution < -0.4 is 4.90 Å². The van der Waals surface area contributed by atoms with Crippen molar-refractivity contribution in [3.05, 3.63) is 41.7 Å². The molecule has 0 aromatic carbocycles. The monoisotopic (exact) mass is 356 g/mol. The van der Waals surface area contributed by atoms with Crippen molar-refractivity contribution in [3.8, 4) is 0 Å². The summed E-state index contributed by atoms with van der Waals surface area (Å²) in [6.45, 7) is 4.76. The smallest absolute Gasteiger partial charge is 0.135 e. The van der Waals surface area contributed by atoms with Crippen LogP contribution >= 0.6 is 0 Å². The standard InChI is InChI=1S/C20H28N4O2/c1-23(13-17-4-2-3-10-26-17)20-18-5-8-24(12-16-7-11-25-14-16)9-6-19(18)21-15-22-20/h7,11,14-15,17H,2-6,8-10,12-13H2,1H3/t17-/m1/s1. The number of hydrogen-bond acceptors (Lipinski definition) is 6. The van der Waals surface area contributed by atoms with Crippen molar-refractivity contribution in [1.82, 2.24) is 14.9 Å². The molecule has 1 fully saturated rings. The third-order valence-corrected chi connectivity index (χ3v) is 5.45. The Balaban J connectivity index is 1.44. The van der Waals surface area contributed by atoms with Crippen LogP contribution in [0.4, 0.5) is 5.82 Å². The lowest BCUT2D eigenvalue weighted by Crippen LogP contribution is -2.34. The number of nitrogens with zero attached hydrogens (tertiary/aromatic N) is 4. The zero-order chi connectivity index (χ0) is 17.8. The minimum absolute atomic E-state index is 0.322. The molecule has 2 aromatic rings. The summed E-state index contributed by atoms with van der Waals surface area (Å²) in [4.78, 5) is 14.0. The summed E-state index contributed by atoms with van der Waals surface area (Å²) in [7, 11) is 2.13. The molecule has 2 aromatic heterocycles. The van der Waals surface area contributed by atoms with Gasteiger partial charge in [0.25, 0.3) is 0 Å². The summed E-state index contributed by atoms with van der Waals surface area (Å²) in [6.07, 6.45) is 11.2. The number of hydrogen-bond donors (Lipinski definition) is 0. The van der Waals surface area contributed by atoms with Gasteiger partial charge in [0.15, 0.2) is 0 Å². The molecule has 6 heteroatoms. The topological polar surface area (TPSA) is 54.6 Å². The number of aromatic nitrogens is 2. The minimum Gasteiger partial charge on any atom is -0.472 e. The van der Waals surface area contributed by atoms with Gasteiger partial charge in [-0.1, -0.05) is 0 Å². The van der Waals surface area contributed by atoms with Crippen LogP contribution in [-0.4, -0.2) is 54.3 Å². The molecular weight excluding hydrogens is 328 g/mol. The maximum Gasteiger partial charge on any atom is 0.135 e. The SMILES string of the molecule is CN(C[C@H]1CCCCO1)c1ncnc2c1CCN(Cc1ccoc1)CC2. The molecule has 2 aliphatic heterocycles. The molecule has 0 spiro atoms. The van der Waals surface area contributed by atoms with Crippen LogP contribution in [0, 0.1) is 0 Å². The Bertz CT molecular complexity index is 698. The summed E-state index contributed by atoms with van der Waals surface area (Å²) >= 11 is 0. The van der Waals surface area contributed by atoms with Crippen molar-refractivity contribution in [3.63, 3.8) is 0 Å². The first kappa shape index (κ1) is 17.5.